The van der Waals surface area contributed by atoms with Gasteiger partial charge in [-0.2, -0.15) is 0 Å². The molecular weight excluding hydrogens is 759 g/mol. The van der Waals surface area contributed by atoms with Gasteiger partial charge in [-0.3, -0.25) is 4.79 Å². The lowest BCUT2D eigenvalue weighted by atomic mass is 9.58. The van der Waals surface area contributed by atoms with Gasteiger partial charge in [0.25, 0.3) is 0 Å². The highest BCUT2D eigenvalue weighted by Gasteiger charge is 2.55. The van der Waals surface area contributed by atoms with E-state index >= 15 is 4.79 Å². The Kier molecular flexibility index (Phi) is 12.9. The molecule has 60 heavy (non-hydrogen) atoms. The molecule has 316 valence electrons. The molecule has 2 aliphatic rings. The van der Waals surface area contributed by atoms with Gasteiger partial charge >= 0.3 is 0 Å². The first-order chi connectivity index (χ1) is 28.9. The van der Waals surface area contributed by atoms with Crippen molar-refractivity contribution in [3.63, 3.8) is 0 Å². The van der Waals surface area contributed by atoms with E-state index < -0.39 is 17.4 Å². The number of aromatic hydroxyl groups is 4. The molecule has 0 bridgehead atoms. The molecule has 0 radical (unpaired) electrons. The van der Waals surface area contributed by atoms with E-state index in [2.05, 4.69) is 33.8 Å². The normalized spacial score (nSPS) is 18.7. The van der Waals surface area contributed by atoms with Crippen LogP contribution in [0, 0.1) is 23.2 Å². The number of phenolic OH excluding ortho intramolecular Hbond substituents is 4. The molecule has 1 aromatic heterocycles. The van der Waals surface area contributed by atoms with Gasteiger partial charge in [0.15, 0.2) is 23.0 Å². The molecule has 1 aliphatic carbocycles. The molecule has 4 atom stereocenters. The zero-order chi connectivity index (χ0) is 42.4. The number of allylic oxidation sites excluding steroid dienone is 2. The molecule has 1 fully saturated rings. The van der Waals surface area contributed by atoms with Gasteiger partial charge in [0.2, 0.25) is 5.75 Å². The number of Topliss-reactive ketones (excluding diaryl/α,β-unsaturated/α-hetero) is 1. The SMILES string of the molecule is COc1cc(CCC(O)C(C(=O)CCc2cc(O)c(O)c(OCC(C)C)c2)C2(C3=CCNC(Nc4ccc5cc(O)ccc5c4)=C3)CCCC2Cc2ccc[nH]2)ccc1O. The Balaban J connectivity index is 1.26. The molecule has 0 amide bonds. The number of ether oxygens (including phenoxy) is 2. The Morgan fingerprint density at radius 1 is 0.917 bits per heavy atom. The van der Waals surface area contributed by atoms with E-state index in [1.54, 1.807) is 30.3 Å². The molecule has 1 aliphatic heterocycles. The first-order valence-corrected chi connectivity index (χ1v) is 21.0. The van der Waals surface area contributed by atoms with Gasteiger partial charge in [0, 0.05) is 36.0 Å². The predicted octanol–water partition coefficient (Wildman–Crippen LogP) is 8.66. The number of anilines is 1. The van der Waals surface area contributed by atoms with Crippen LogP contribution in [0.4, 0.5) is 5.69 Å². The number of aryl methyl sites for hydroxylation is 2. The van der Waals surface area contributed by atoms with Crippen molar-refractivity contribution >= 4 is 22.2 Å². The number of aromatic nitrogens is 1. The summed E-state index contributed by atoms with van der Waals surface area (Å²) in [5, 5.41) is 63.0. The fourth-order valence-electron chi connectivity index (χ4n) is 9.31. The second-order valence-electron chi connectivity index (χ2n) is 16.7. The topological polar surface area (TPSA) is 177 Å². The lowest BCUT2D eigenvalue weighted by Crippen LogP contribution is -2.48. The van der Waals surface area contributed by atoms with Gasteiger partial charge in [0.05, 0.1) is 25.7 Å². The number of fused-ring (bicyclic) bond motifs is 1. The van der Waals surface area contributed by atoms with Gasteiger partial charge in [0.1, 0.15) is 17.4 Å². The molecule has 8 N–H and O–H groups in total. The number of hydrogen-bond donors (Lipinski definition) is 8. The third-order valence-electron chi connectivity index (χ3n) is 12.2. The van der Waals surface area contributed by atoms with E-state index in [1.807, 2.05) is 56.4 Å². The number of aromatic amines is 1. The van der Waals surface area contributed by atoms with E-state index in [-0.39, 0.29) is 59.2 Å². The van der Waals surface area contributed by atoms with Gasteiger partial charge in [-0.25, -0.2) is 0 Å². The summed E-state index contributed by atoms with van der Waals surface area (Å²) < 4.78 is 11.2. The number of nitrogens with one attached hydrogen (secondary N) is 3. The standard InChI is InChI=1S/C49H57N3O8/c1-30(2)29-60-45-24-32(22-43(57)48(45)58)10-17-42(56)47(41(55)16-9-31-8-15-40(54)44(23-31)59-3)49(19-4-6-35(49)27-37-7-5-20-50-37)36-18-21-51-46(28-36)52-38-13-11-34-26-39(53)14-12-33(34)25-38/h5,7-8,11-15,18,20,22-26,28,30,35,41,47,50-55,57-58H,4,6,9-10,16-17,19,21,27,29H2,1-3H3. The summed E-state index contributed by atoms with van der Waals surface area (Å²) in [7, 11) is 1.50. The number of carbonyl (C=O) groups is 1. The van der Waals surface area contributed by atoms with E-state index in [4.69, 9.17) is 9.47 Å². The molecule has 2 heterocycles. The van der Waals surface area contributed by atoms with Crippen LogP contribution in [-0.4, -0.2) is 62.7 Å². The highest BCUT2D eigenvalue weighted by Crippen LogP contribution is 2.57. The fourth-order valence-corrected chi connectivity index (χ4v) is 9.31. The van der Waals surface area contributed by atoms with Crippen LogP contribution in [0.3, 0.4) is 0 Å². The molecule has 4 aromatic carbocycles. The molecule has 1 saturated carbocycles. The van der Waals surface area contributed by atoms with E-state index in [1.165, 1.54) is 13.2 Å². The van der Waals surface area contributed by atoms with Crippen LogP contribution >= 0.6 is 0 Å². The number of methoxy groups -OCH3 is 1. The molecule has 7 rings (SSSR count). The number of dihydropyridines is 1. The maximum atomic E-state index is 15.2. The van der Waals surface area contributed by atoms with Gasteiger partial charge in [-0.05, 0) is 145 Å². The van der Waals surface area contributed by atoms with Crippen LogP contribution in [0.1, 0.15) is 62.8 Å². The summed E-state index contributed by atoms with van der Waals surface area (Å²) in [6.07, 6.45) is 9.38. The van der Waals surface area contributed by atoms with Crippen LogP contribution in [0.15, 0.2) is 109 Å². The number of H-pyrrole nitrogens is 1. The number of aliphatic hydroxyl groups is 1. The minimum absolute atomic E-state index is 0.0115. The van der Waals surface area contributed by atoms with Gasteiger partial charge < -0.3 is 50.6 Å². The smallest absolute Gasteiger partial charge is 0.200 e. The monoisotopic (exact) mass is 815 g/mol. The van der Waals surface area contributed by atoms with E-state index in [9.17, 15) is 25.5 Å². The zero-order valence-electron chi connectivity index (χ0n) is 34.6. The number of hydrogen-bond acceptors (Lipinski definition) is 10. The summed E-state index contributed by atoms with van der Waals surface area (Å²) >= 11 is 0. The van der Waals surface area contributed by atoms with Crippen LogP contribution < -0.4 is 20.1 Å². The van der Waals surface area contributed by atoms with Crippen LogP contribution in [0.2, 0.25) is 0 Å². The first-order valence-electron chi connectivity index (χ1n) is 21.0. The average molecular weight is 816 g/mol. The quantitative estimate of drug-likeness (QED) is 0.0400. The first kappa shape index (κ1) is 42.1. The number of ketones is 1. The number of rotatable bonds is 18. The maximum absolute atomic E-state index is 15.2. The summed E-state index contributed by atoms with van der Waals surface area (Å²) in [6.45, 7) is 4.85. The van der Waals surface area contributed by atoms with Crippen molar-refractivity contribution in [2.75, 3.05) is 25.6 Å². The zero-order valence-corrected chi connectivity index (χ0v) is 34.6. The summed E-state index contributed by atoms with van der Waals surface area (Å²) in [5.74, 6) is 0.211. The second-order valence-corrected chi connectivity index (χ2v) is 16.7. The third kappa shape index (κ3) is 9.37. The van der Waals surface area contributed by atoms with Crippen molar-refractivity contribution in [1.29, 1.82) is 0 Å². The van der Waals surface area contributed by atoms with Gasteiger partial charge in [-0.1, -0.05) is 44.5 Å². The Morgan fingerprint density at radius 3 is 2.50 bits per heavy atom. The molecular formula is C49H57N3O8. The molecule has 11 nitrogen and oxygen atoms in total. The van der Waals surface area contributed by atoms with Crippen molar-refractivity contribution in [1.82, 2.24) is 10.3 Å². The Morgan fingerprint density at radius 2 is 1.72 bits per heavy atom. The van der Waals surface area contributed by atoms with Crippen molar-refractivity contribution in [2.24, 2.45) is 23.2 Å². The summed E-state index contributed by atoms with van der Waals surface area (Å²) in [6, 6.07) is 23.6. The van der Waals surface area contributed by atoms with E-state index in [0.29, 0.717) is 50.1 Å². The number of benzene rings is 4. The average Bonchev–Trinajstić information content (AvgIpc) is 3.91. The number of carbonyl (C=O) groups excluding carboxylic acids is 1. The van der Waals surface area contributed by atoms with Gasteiger partial charge in [-0.15, -0.1) is 0 Å². The van der Waals surface area contributed by atoms with Crippen molar-refractivity contribution in [3.8, 4) is 34.5 Å². The van der Waals surface area contributed by atoms with Crippen LogP contribution in [-0.2, 0) is 24.1 Å². The van der Waals surface area contributed by atoms with Crippen LogP contribution in [0.5, 0.6) is 34.5 Å². The Bertz CT molecular complexity index is 2350. The number of phenols is 4. The second kappa shape index (κ2) is 18.5. The molecule has 4 unspecified atom stereocenters. The maximum Gasteiger partial charge on any atom is 0.200 e. The minimum atomic E-state index is -1.03. The van der Waals surface area contributed by atoms with Crippen molar-refractivity contribution in [3.05, 3.63) is 125 Å². The highest BCUT2D eigenvalue weighted by atomic mass is 16.5. The fraction of sp³-hybridized carbons (Fsp3) is 0.367. The van der Waals surface area contributed by atoms with Crippen LogP contribution in [0.25, 0.3) is 10.8 Å². The Hall–Kier alpha value is -6.07. The number of aliphatic hydroxyl groups excluding tert-OH is 1. The minimum Gasteiger partial charge on any atom is -0.508 e. The van der Waals surface area contributed by atoms with Crippen molar-refractivity contribution in [2.45, 2.75) is 71.3 Å². The lowest BCUT2D eigenvalue weighted by Gasteiger charge is -2.46. The third-order valence-corrected chi connectivity index (χ3v) is 12.2. The largest absolute Gasteiger partial charge is 0.508 e. The highest BCUT2D eigenvalue weighted by molar-refractivity contribution is 5.87. The summed E-state index contributed by atoms with van der Waals surface area (Å²) in [4.78, 5) is 18.6. The summed E-state index contributed by atoms with van der Waals surface area (Å²) in [5.41, 5.74) is 3.69. The van der Waals surface area contributed by atoms with E-state index in [0.717, 1.165) is 52.0 Å². The molecule has 11 heteroatoms. The predicted molar refractivity (Wildman–Crippen MR) is 234 cm³/mol. The van der Waals surface area contributed by atoms with Crippen molar-refractivity contribution < 1.29 is 39.8 Å². The lowest BCUT2D eigenvalue weighted by molar-refractivity contribution is -0.133. The molecule has 0 saturated heterocycles. The Labute approximate surface area is 351 Å². The molecule has 5 aromatic rings. The molecule has 0 spiro atoms.